The molecule has 27 heavy (non-hydrogen) atoms. The van der Waals surface area contributed by atoms with Gasteiger partial charge in [-0.2, -0.15) is 0 Å². The van der Waals surface area contributed by atoms with E-state index in [1.165, 1.54) is 11.1 Å². The molecule has 0 spiro atoms. The van der Waals surface area contributed by atoms with E-state index in [0.717, 1.165) is 33.9 Å². The lowest BCUT2D eigenvalue weighted by Gasteiger charge is -2.21. The lowest BCUT2D eigenvalue weighted by atomic mass is 10.1. The van der Waals surface area contributed by atoms with Gasteiger partial charge < -0.3 is 4.90 Å². The van der Waals surface area contributed by atoms with Gasteiger partial charge in [-0.1, -0.05) is 29.0 Å². The molecule has 0 N–H and O–H groups in total. The number of aryl methyl sites for hydroxylation is 3. The van der Waals surface area contributed by atoms with E-state index >= 15 is 0 Å². The molecule has 142 valence electrons. The van der Waals surface area contributed by atoms with Crippen molar-refractivity contribution in [1.82, 2.24) is 9.88 Å². The van der Waals surface area contributed by atoms with Gasteiger partial charge in [-0.25, -0.2) is 4.98 Å². The van der Waals surface area contributed by atoms with Crippen molar-refractivity contribution in [2.45, 2.75) is 27.2 Å². The summed E-state index contributed by atoms with van der Waals surface area (Å²) in [5.41, 5.74) is 5.30. The van der Waals surface area contributed by atoms with Crippen LogP contribution >= 0.6 is 11.3 Å². The average Bonchev–Trinajstić information content (AvgIpc) is 3.01. The van der Waals surface area contributed by atoms with Crippen LogP contribution in [0.4, 0.5) is 5.13 Å². The minimum absolute atomic E-state index is 0.0151. The van der Waals surface area contributed by atoms with Gasteiger partial charge in [-0.05, 0) is 83.2 Å². The predicted molar refractivity (Wildman–Crippen MR) is 115 cm³/mol. The van der Waals surface area contributed by atoms with Crippen molar-refractivity contribution in [2.24, 2.45) is 0 Å². The molecule has 0 unspecified atom stereocenters. The van der Waals surface area contributed by atoms with Gasteiger partial charge >= 0.3 is 0 Å². The minimum Gasteiger partial charge on any atom is -0.309 e. The third kappa shape index (κ3) is 4.54. The molecule has 4 nitrogen and oxygen atoms in total. The fourth-order valence-electron chi connectivity index (χ4n) is 2.96. The Kier molecular flexibility index (Phi) is 5.92. The molecule has 1 amide bonds. The molecule has 0 saturated heterocycles. The highest BCUT2D eigenvalue weighted by Gasteiger charge is 2.21. The topological polar surface area (TPSA) is 36.4 Å². The molecule has 3 rings (SSSR count). The van der Waals surface area contributed by atoms with Crippen LogP contribution in [0, 0.1) is 20.8 Å². The number of benzene rings is 2. The van der Waals surface area contributed by atoms with Gasteiger partial charge in [-0.3, -0.25) is 9.69 Å². The lowest BCUT2D eigenvalue weighted by molar-refractivity contribution is 0.0986. The molecular weight excluding hydrogens is 354 g/mol. The van der Waals surface area contributed by atoms with Crippen molar-refractivity contribution < 1.29 is 4.79 Å². The number of hydrogen-bond acceptors (Lipinski definition) is 4. The number of carbonyl (C=O) groups excluding carboxylic acids is 1. The predicted octanol–water partition coefficient (Wildman–Crippen LogP) is 4.82. The van der Waals surface area contributed by atoms with E-state index < -0.39 is 0 Å². The second-order valence-corrected chi connectivity index (χ2v) is 8.39. The van der Waals surface area contributed by atoms with Crippen LogP contribution in [0.3, 0.4) is 0 Å². The first-order chi connectivity index (χ1) is 12.8. The minimum atomic E-state index is 0.0151. The second-order valence-electron chi connectivity index (χ2n) is 7.38. The maximum absolute atomic E-state index is 13.2. The number of amides is 1. The zero-order chi connectivity index (χ0) is 19.6. The summed E-state index contributed by atoms with van der Waals surface area (Å²) in [6.07, 6.45) is 0.901. The van der Waals surface area contributed by atoms with Gasteiger partial charge in [0.25, 0.3) is 5.91 Å². The summed E-state index contributed by atoms with van der Waals surface area (Å²) in [7, 11) is 4.10. The Morgan fingerprint density at radius 3 is 2.33 bits per heavy atom. The van der Waals surface area contributed by atoms with Gasteiger partial charge in [-0.15, -0.1) is 0 Å². The number of anilines is 1. The summed E-state index contributed by atoms with van der Waals surface area (Å²) in [6, 6.07) is 12.0. The Labute approximate surface area is 165 Å². The SMILES string of the molecule is Cc1ccc(C(=O)N(CCCN(C)C)c2nc3cc(C)c(C)cc3s2)cc1. The standard InChI is InChI=1S/C22H27N3OS/c1-15-7-9-18(10-8-15)21(26)25(12-6-11-24(4)5)22-23-19-13-16(2)17(3)14-20(19)27-22/h7-10,13-14H,6,11-12H2,1-5H3. The highest BCUT2D eigenvalue weighted by Crippen LogP contribution is 2.31. The first-order valence-corrected chi connectivity index (χ1v) is 10.1. The van der Waals surface area contributed by atoms with Crippen LogP contribution in [0.15, 0.2) is 36.4 Å². The van der Waals surface area contributed by atoms with Crippen LogP contribution in [0.25, 0.3) is 10.2 Å². The molecule has 0 fully saturated rings. The van der Waals surface area contributed by atoms with Crippen molar-refractivity contribution in [2.75, 3.05) is 32.1 Å². The molecule has 0 aliphatic carbocycles. The summed E-state index contributed by atoms with van der Waals surface area (Å²) in [4.78, 5) is 22.0. The van der Waals surface area contributed by atoms with Crippen LogP contribution in [-0.4, -0.2) is 43.0 Å². The molecule has 1 aromatic heterocycles. The number of hydrogen-bond donors (Lipinski definition) is 0. The molecule has 5 heteroatoms. The summed E-state index contributed by atoms with van der Waals surface area (Å²) in [5, 5.41) is 0.777. The van der Waals surface area contributed by atoms with Gasteiger partial charge in [0.15, 0.2) is 5.13 Å². The molecular formula is C22H27N3OS. The van der Waals surface area contributed by atoms with E-state index in [1.807, 2.05) is 36.1 Å². The highest BCUT2D eigenvalue weighted by atomic mass is 32.1. The quantitative estimate of drug-likeness (QED) is 0.614. The normalized spacial score (nSPS) is 11.3. The fraction of sp³-hybridized carbons (Fsp3) is 0.364. The van der Waals surface area contributed by atoms with Crippen LogP contribution in [0.5, 0.6) is 0 Å². The van der Waals surface area contributed by atoms with Crippen LogP contribution in [0.2, 0.25) is 0 Å². The number of carbonyl (C=O) groups is 1. The first kappa shape index (κ1) is 19.5. The third-order valence-electron chi connectivity index (χ3n) is 4.75. The van der Waals surface area contributed by atoms with Crippen molar-refractivity contribution in [1.29, 1.82) is 0 Å². The summed E-state index contributed by atoms with van der Waals surface area (Å²) >= 11 is 1.59. The summed E-state index contributed by atoms with van der Waals surface area (Å²) in [5.74, 6) is 0.0151. The van der Waals surface area contributed by atoms with Gasteiger partial charge in [0.05, 0.1) is 10.2 Å². The van der Waals surface area contributed by atoms with Crippen molar-refractivity contribution in [3.05, 3.63) is 58.7 Å². The first-order valence-electron chi connectivity index (χ1n) is 9.26. The number of nitrogens with zero attached hydrogens (tertiary/aromatic N) is 3. The molecule has 0 saturated carbocycles. The second kappa shape index (κ2) is 8.19. The molecule has 2 aromatic carbocycles. The molecule has 0 radical (unpaired) electrons. The zero-order valence-electron chi connectivity index (χ0n) is 16.7. The summed E-state index contributed by atoms with van der Waals surface area (Å²) < 4.78 is 1.13. The van der Waals surface area contributed by atoms with E-state index in [9.17, 15) is 4.79 Å². The monoisotopic (exact) mass is 381 g/mol. The van der Waals surface area contributed by atoms with Gasteiger partial charge in [0, 0.05) is 12.1 Å². The van der Waals surface area contributed by atoms with Crippen molar-refractivity contribution in [3.8, 4) is 0 Å². The van der Waals surface area contributed by atoms with Crippen molar-refractivity contribution in [3.63, 3.8) is 0 Å². The molecule has 1 heterocycles. The van der Waals surface area contributed by atoms with Crippen LogP contribution < -0.4 is 4.90 Å². The Bertz CT molecular complexity index is 905. The largest absolute Gasteiger partial charge is 0.309 e. The van der Waals surface area contributed by atoms with E-state index in [1.54, 1.807) is 11.3 Å². The van der Waals surface area contributed by atoms with Crippen molar-refractivity contribution >= 4 is 32.6 Å². The van der Waals surface area contributed by atoms with Crippen LogP contribution in [0.1, 0.15) is 33.5 Å². The Morgan fingerprint density at radius 1 is 1.00 bits per heavy atom. The number of rotatable bonds is 6. The maximum atomic E-state index is 13.2. The molecule has 0 aliphatic heterocycles. The Morgan fingerprint density at radius 2 is 1.67 bits per heavy atom. The maximum Gasteiger partial charge on any atom is 0.260 e. The smallest absolute Gasteiger partial charge is 0.260 e. The van der Waals surface area contributed by atoms with E-state index in [-0.39, 0.29) is 5.91 Å². The van der Waals surface area contributed by atoms with E-state index in [2.05, 4.69) is 45.0 Å². The number of thiazole rings is 1. The molecule has 0 bridgehead atoms. The third-order valence-corrected chi connectivity index (χ3v) is 5.80. The van der Waals surface area contributed by atoms with E-state index in [4.69, 9.17) is 4.98 Å². The van der Waals surface area contributed by atoms with Gasteiger partial charge in [0.1, 0.15) is 0 Å². The summed E-state index contributed by atoms with van der Waals surface area (Å²) in [6.45, 7) is 7.82. The fourth-order valence-corrected chi connectivity index (χ4v) is 4.03. The zero-order valence-corrected chi connectivity index (χ0v) is 17.6. The van der Waals surface area contributed by atoms with E-state index in [0.29, 0.717) is 12.1 Å². The van der Waals surface area contributed by atoms with Crippen LogP contribution in [-0.2, 0) is 0 Å². The highest BCUT2D eigenvalue weighted by molar-refractivity contribution is 7.22. The number of aromatic nitrogens is 1. The molecule has 0 atom stereocenters. The lowest BCUT2D eigenvalue weighted by Crippen LogP contribution is -2.33. The van der Waals surface area contributed by atoms with Gasteiger partial charge in [0.2, 0.25) is 0 Å². The number of fused-ring (bicyclic) bond motifs is 1. The average molecular weight is 382 g/mol. The Hall–Kier alpha value is -2.24. The Balaban J connectivity index is 1.95. The molecule has 0 aliphatic rings. The molecule has 3 aromatic rings.